The zero-order valence-corrected chi connectivity index (χ0v) is 9.15. The highest BCUT2D eigenvalue weighted by molar-refractivity contribution is 5.86. The lowest BCUT2D eigenvalue weighted by Crippen LogP contribution is -2.30. The molecule has 0 radical (unpaired) electrons. The standard InChI is InChI=1S/C11H17NO2/c1-8(2)11(13)10(12(3)4)9-6-5-7-14-9/h5-8,10H,1-4H3. The minimum Gasteiger partial charge on any atom is -0.467 e. The van der Waals surface area contributed by atoms with Gasteiger partial charge in [-0.2, -0.15) is 0 Å². The molecule has 3 nitrogen and oxygen atoms in total. The number of rotatable bonds is 4. The second-order valence-corrected chi connectivity index (χ2v) is 3.94. The van der Waals surface area contributed by atoms with E-state index >= 15 is 0 Å². The molecule has 1 unspecified atom stereocenters. The number of carbonyl (C=O) groups excluding carboxylic acids is 1. The predicted octanol–water partition coefficient (Wildman–Crippen LogP) is 2.11. The first-order chi connectivity index (χ1) is 6.54. The Kier molecular flexibility index (Phi) is 3.47. The zero-order chi connectivity index (χ0) is 10.7. The van der Waals surface area contributed by atoms with Crippen LogP contribution in [0.5, 0.6) is 0 Å². The molecular formula is C11H17NO2. The highest BCUT2D eigenvalue weighted by Crippen LogP contribution is 2.22. The van der Waals surface area contributed by atoms with Gasteiger partial charge in [-0.25, -0.2) is 0 Å². The summed E-state index contributed by atoms with van der Waals surface area (Å²) in [6, 6.07) is 3.38. The Bertz CT molecular complexity index is 288. The molecule has 1 aromatic heterocycles. The Morgan fingerprint density at radius 1 is 1.43 bits per heavy atom. The second kappa shape index (κ2) is 4.42. The molecule has 0 aliphatic carbocycles. The monoisotopic (exact) mass is 195 g/mol. The van der Waals surface area contributed by atoms with Gasteiger partial charge in [0.05, 0.1) is 6.26 Å². The minimum absolute atomic E-state index is 0.0208. The number of hydrogen-bond donors (Lipinski definition) is 0. The van der Waals surface area contributed by atoms with E-state index in [2.05, 4.69) is 0 Å². The van der Waals surface area contributed by atoms with Crippen molar-refractivity contribution in [3.05, 3.63) is 24.2 Å². The van der Waals surface area contributed by atoms with Gasteiger partial charge in [-0.05, 0) is 26.2 Å². The topological polar surface area (TPSA) is 33.5 Å². The molecule has 0 bridgehead atoms. The fraction of sp³-hybridized carbons (Fsp3) is 0.545. The average molecular weight is 195 g/mol. The van der Waals surface area contributed by atoms with E-state index in [1.54, 1.807) is 12.3 Å². The predicted molar refractivity (Wildman–Crippen MR) is 55.0 cm³/mol. The summed E-state index contributed by atoms with van der Waals surface area (Å²) < 4.78 is 5.27. The number of Topliss-reactive ketones (excluding diaryl/α,β-unsaturated/α-hetero) is 1. The number of nitrogens with zero attached hydrogens (tertiary/aromatic N) is 1. The molecule has 1 aromatic rings. The molecule has 0 saturated carbocycles. The summed E-state index contributed by atoms with van der Waals surface area (Å²) in [7, 11) is 3.76. The van der Waals surface area contributed by atoms with Crippen molar-refractivity contribution in [2.45, 2.75) is 19.9 Å². The highest BCUT2D eigenvalue weighted by Gasteiger charge is 2.26. The number of carbonyl (C=O) groups is 1. The lowest BCUT2D eigenvalue weighted by atomic mass is 9.99. The Hall–Kier alpha value is -1.09. The van der Waals surface area contributed by atoms with Crippen molar-refractivity contribution in [1.29, 1.82) is 0 Å². The number of likely N-dealkylation sites (N-methyl/N-ethyl adjacent to an activating group) is 1. The van der Waals surface area contributed by atoms with Gasteiger partial charge < -0.3 is 4.42 Å². The lowest BCUT2D eigenvalue weighted by molar-refractivity contribution is -0.127. The third-order valence-corrected chi connectivity index (χ3v) is 2.17. The molecule has 1 rings (SSSR count). The van der Waals surface area contributed by atoms with Crippen molar-refractivity contribution < 1.29 is 9.21 Å². The Labute approximate surface area is 84.7 Å². The molecule has 0 aromatic carbocycles. The van der Waals surface area contributed by atoms with Crippen LogP contribution >= 0.6 is 0 Å². The second-order valence-electron chi connectivity index (χ2n) is 3.94. The van der Waals surface area contributed by atoms with Crippen LogP contribution in [0.15, 0.2) is 22.8 Å². The van der Waals surface area contributed by atoms with Crippen molar-refractivity contribution >= 4 is 5.78 Å². The molecule has 1 heterocycles. The van der Waals surface area contributed by atoms with Crippen LogP contribution in [0.4, 0.5) is 0 Å². The summed E-state index contributed by atoms with van der Waals surface area (Å²) in [6.45, 7) is 3.81. The van der Waals surface area contributed by atoms with E-state index in [0.29, 0.717) is 5.76 Å². The first kappa shape index (κ1) is 11.0. The van der Waals surface area contributed by atoms with E-state index in [1.807, 2.05) is 38.9 Å². The van der Waals surface area contributed by atoms with Crippen LogP contribution in [0.3, 0.4) is 0 Å². The van der Waals surface area contributed by atoms with Crippen molar-refractivity contribution in [3.63, 3.8) is 0 Å². The first-order valence-electron chi connectivity index (χ1n) is 4.77. The number of hydrogen-bond acceptors (Lipinski definition) is 3. The van der Waals surface area contributed by atoms with E-state index in [9.17, 15) is 4.79 Å². The molecule has 0 amide bonds. The van der Waals surface area contributed by atoms with Gasteiger partial charge in [0, 0.05) is 5.92 Å². The van der Waals surface area contributed by atoms with Crippen LogP contribution < -0.4 is 0 Å². The third-order valence-electron chi connectivity index (χ3n) is 2.17. The maximum Gasteiger partial charge on any atom is 0.160 e. The lowest BCUT2D eigenvalue weighted by Gasteiger charge is -2.22. The molecule has 0 spiro atoms. The van der Waals surface area contributed by atoms with E-state index in [-0.39, 0.29) is 17.7 Å². The minimum atomic E-state index is -0.259. The fourth-order valence-corrected chi connectivity index (χ4v) is 1.41. The fourth-order valence-electron chi connectivity index (χ4n) is 1.41. The van der Waals surface area contributed by atoms with Gasteiger partial charge in [0.15, 0.2) is 5.78 Å². The van der Waals surface area contributed by atoms with Gasteiger partial charge in [0.25, 0.3) is 0 Å². The maximum atomic E-state index is 11.9. The maximum absolute atomic E-state index is 11.9. The molecule has 0 saturated heterocycles. The van der Waals surface area contributed by atoms with Gasteiger partial charge >= 0.3 is 0 Å². The van der Waals surface area contributed by atoms with Gasteiger partial charge in [-0.1, -0.05) is 13.8 Å². The van der Waals surface area contributed by atoms with Crippen molar-refractivity contribution in [2.75, 3.05) is 14.1 Å². The van der Waals surface area contributed by atoms with E-state index in [4.69, 9.17) is 4.42 Å². The Morgan fingerprint density at radius 2 is 2.07 bits per heavy atom. The third kappa shape index (κ3) is 2.23. The highest BCUT2D eigenvalue weighted by atomic mass is 16.3. The summed E-state index contributed by atoms with van der Waals surface area (Å²) in [4.78, 5) is 13.8. The number of ketones is 1. The van der Waals surface area contributed by atoms with Gasteiger partial charge in [0.2, 0.25) is 0 Å². The van der Waals surface area contributed by atoms with Crippen LogP contribution in [0.2, 0.25) is 0 Å². The Balaban J connectivity index is 2.91. The number of furan rings is 1. The van der Waals surface area contributed by atoms with Crippen LogP contribution in [0.25, 0.3) is 0 Å². The molecule has 78 valence electrons. The average Bonchev–Trinajstić information content (AvgIpc) is 2.56. The summed E-state index contributed by atoms with van der Waals surface area (Å²) in [6.07, 6.45) is 1.60. The van der Waals surface area contributed by atoms with Crippen molar-refractivity contribution in [1.82, 2.24) is 4.90 Å². The van der Waals surface area contributed by atoms with Gasteiger partial charge in [0.1, 0.15) is 11.8 Å². The first-order valence-corrected chi connectivity index (χ1v) is 4.77. The largest absolute Gasteiger partial charge is 0.467 e. The smallest absolute Gasteiger partial charge is 0.160 e. The van der Waals surface area contributed by atoms with Crippen LogP contribution in [0, 0.1) is 5.92 Å². The van der Waals surface area contributed by atoms with Crippen LogP contribution in [-0.2, 0) is 4.79 Å². The molecule has 14 heavy (non-hydrogen) atoms. The van der Waals surface area contributed by atoms with Crippen LogP contribution in [-0.4, -0.2) is 24.8 Å². The zero-order valence-electron chi connectivity index (χ0n) is 9.15. The normalized spacial score (nSPS) is 13.6. The summed E-state index contributed by atoms with van der Waals surface area (Å²) >= 11 is 0. The molecule has 3 heteroatoms. The van der Waals surface area contributed by atoms with E-state index < -0.39 is 0 Å². The summed E-state index contributed by atoms with van der Waals surface area (Å²) in [5, 5.41) is 0. The van der Waals surface area contributed by atoms with Gasteiger partial charge in [-0.3, -0.25) is 9.69 Å². The molecule has 0 fully saturated rings. The SMILES string of the molecule is CC(C)C(=O)C(c1ccco1)N(C)C. The van der Waals surface area contributed by atoms with E-state index in [0.717, 1.165) is 0 Å². The molecule has 1 atom stereocenters. The van der Waals surface area contributed by atoms with Gasteiger partial charge in [-0.15, -0.1) is 0 Å². The summed E-state index contributed by atoms with van der Waals surface area (Å²) in [5.41, 5.74) is 0. The molecule has 0 N–H and O–H groups in total. The molecule has 0 aliphatic heterocycles. The quantitative estimate of drug-likeness (QED) is 0.737. The van der Waals surface area contributed by atoms with Crippen LogP contribution in [0.1, 0.15) is 25.6 Å². The Morgan fingerprint density at radius 3 is 2.43 bits per heavy atom. The molecule has 0 aliphatic rings. The van der Waals surface area contributed by atoms with E-state index in [1.165, 1.54) is 0 Å². The molecular weight excluding hydrogens is 178 g/mol. The van der Waals surface area contributed by atoms with Crippen molar-refractivity contribution in [2.24, 2.45) is 5.92 Å². The van der Waals surface area contributed by atoms with Crippen molar-refractivity contribution in [3.8, 4) is 0 Å². The summed E-state index contributed by atoms with van der Waals surface area (Å²) in [5.74, 6) is 0.922.